The molecule has 94 valence electrons. The van der Waals surface area contributed by atoms with Crippen molar-refractivity contribution in [3.8, 4) is 0 Å². The second-order valence-electron chi connectivity index (χ2n) is 3.96. The number of hydrogen-bond donors (Lipinski definition) is 2. The van der Waals surface area contributed by atoms with Gasteiger partial charge in [-0.2, -0.15) is 0 Å². The van der Waals surface area contributed by atoms with Crippen LogP contribution in [0.1, 0.15) is 11.7 Å². The molecule has 0 radical (unpaired) electrons. The summed E-state index contributed by atoms with van der Waals surface area (Å²) in [5, 5.41) is 13.0. The fourth-order valence-electron chi connectivity index (χ4n) is 1.64. The zero-order valence-corrected chi connectivity index (χ0v) is 11.2. The number of rotatable bonds is 4. The van der Waals surface area contributed by atoms with Crippen LogP contribution in [0.2, 0.25) is 0 Å². The van der Waals surface area contributed by atoms with E-state index in [4.69, 9.17) is 0 Å². The molecule has 0 aliphatic rings. The number of nitrogens with one attached hydrogen (secondary N) is 1. The summed E-state index contributed by atoms with van der Waals surface area (Å²) < 4.78 is 14.0. The van der Waals surface area contributed by atoms with E-state index in [0.29, 0.717) is 12.1 Å². The third-order valence-corrected chi connectivity index (χ3v) is 3.05. The molecule has 0 saturated heterocycles. The Kier molecular flexibility index (Phi) is 4.33. The number of aliphatic hydroxyl groups is 1. The van der Waals surface area contributed by atoms with Gasteiger partial charge >= 0.3 is 0 Å². The second-order valence-corrected chi connectivity index (χ2v) is 4.88. The van der Waals surface area contributed by atoms with E-state index in [1.54, 1.807) is 12.1 Å². The van der Waals surface area contributed by atoms with Crippen molar-refractivity contribution in [3.63, 3.8) is 0 Å². The Morgan fingerprint density at radius 2 is 1.94 bits per heavy atom. The van der Waals surface area contributed by atoms with Gasteiger partial charge in [0.05, 0.1) is 6.10 Å². The Hall–Kier alpha value is -1.39. The van der Waals surface area contributed by atoms with Crippen LogP contribution in [0, 0.1) is 5.82 Å². The van der Waals surface area contributed by atoms with Crippen LogP contribution in [0.5, 0.6) is 0 Å². The molecule has 2 aromatic rings. The summed E-state index contributed by atoms with van der Waals surface area (Å²) in [6.07, 6.45) is -0.736. The highest BCUT2D eigenvalue weighted by atomic mass is 79.9. The highest BCUT2D eigenvalue weighted by Gasteiger charge is 2.07. The van der Waals surface area contributed by atoms with E-state index < -0.39 is 6.10 Å². The van der Waals surface area contributed by atoms with Crippen molar-refractivity contribution in [3.05, 3.63) is 64.4 Å². The summed E-state index contributed by atoms with van der Waals surface area (Å²) >= 11 is 3.37. The maximum Gasteiger partial charge on any atom is 0.123 e. The molecule has 0 saturated carbocycles. The summed E-state index contributed by atoms with van der Waals surface area (Å²) in [5.41, 5.74) is 1.47. The van der Waals surface area contributed by atoms with Crippen molar-refractivity contribution in [2.75, 3.05) is 11.9 Å². The van der Waals surface area contributed by atoms with Crippen LogP contribution in [0.4, 0.5) is 10.1 Å². The van der Waals surface area contributed by atoms with Crippen molar-refractivity contribution in [2.24, 2.45) is 0 Å². The van der Waals surface area contributed by atoms with Gasteiger partial charge in [-0.3, -0.25) is 0 Å². The van der Waals surface area contributed by atoms with E-state index in [-0.39, 0.29) is 5.82 Å². The van der Waals surface area contributed by atoms with E-state index in [1.165, 1.54) is 12.1 Å². The molecule has 0 spiro atoms. The van der Waals surface area contributed by atoms with E-state index in [0.717, 1.165) is 10.2 Å². The molecule has 2 N–H and O–H groups in total. The first-order chi connectivity index (χ1) is 8.65. The average molecular weight is 310 g/mol. The van der Waals surface area contributed by atoms with Gasteiger partial charge < -0.3 is 10.4 Å². The van der Waals surface area contributed by atoms with Crippen molar-refractivity contribution >= 4 is 21.6 Å². The fourth-order valence-corrected chi connectivity index (χ4v) is 2.04. The van der Waals surface area contributed by atoms with Crippen LogP contribution >= 0.6 is 15.9 Å². The Morgan fingerprint density at radius 1 is 1.17 bits per heavy atom. The molecule has 2 aromatic carbocycles. The molecule has 18 heavy (non-hydrogen) atoms. The maximum atomic E-state index is 13.0. The molecule has 0 aliphatic carbocycles. The van der Waals surface area contributed by atoms with E-state index in [9.17, 15) is 9.50 Å². The Morgan fingerprint density at radius 3 is 2.67 bits per heavy atom. The molecule has 0 heterocycles. The van der Waals surface area contributed by atoms with Gasteiger partial charge in [0.15, 0.2) is 0 Å². The predicted octanol–water partition coefficient (Wildman–Crippen LogP) is 3.73. The lowest BCUT2D eigenvalue weighted by Gasteiger charge is -2.13. The molecule has 2 nitrogen and oxygen atoms in total. The van der Waals surface area contributed by atoms with Crippen LogP contribution in [0.15, 0.2) is 53.0 Å². The Labute approximate surface area is 114 Å². The Balaban J connectivity index is 1.98. The fraction of sp³-hybridized carbons (Fsp3) is 0.143. The summed E-state index contributed by atoms with van der Waals surface area (Å²) in [6, 6.07) is 13.6. The highest BCUT2D eigenvalue weighted by molar-refractivity contribution is 9.10. The minimum Gasteiger partial charge on any atom is -0.387 e. The summed E-state index contributed by atoms with van der Waals surface area (Å²) in [6.45, 7) is 0.333. The number of benzene rings is 2. The van der Waals surface area contributed by atoms with E-state index >= 15 is 0 Å². The lowest BCUT2D eigenvalue weighted by Crippen LogP contribution is -2.12. The third-order valence-electron chi connectivity index (χ3n) is 2.56. The molecule has 0 amide bonds. The average Bonchev–Trinajstić information content (AvgIpc) is 2.36. The van der Waals surface area contributed by atoms with Gasteiger partial charge in [0.1, 0.15) is 5.82 Å². The van der Waals surface area contributed by atoms with Crippen molar-refractivity contribution < 1.29 is 9.50 Å². The standard InChI is InChI=1S/C14H13BrFNO/c15-11-4-2-6-13(8-11)17-9-14(18)10-3-1-5-12(16)7-10/h1-8,14,17-18H,9H2. The van der Waals surface area contributed by atoms with Crippen LogP contribution in [-0.4, -0.2) is 11.7 Å². The van der Waals surface area contributed by atoms with Gasteiger partial charge in [0.25, 0.3) is 0 Å². The largest absolute Gasteiger partial charge is 0.387 e. The predicted molar refractivity (Wildman–Crippen MR) is 74.0 cm³/mol. The van der Waals surface area contributed by atoms with Crippen molar-refractivity contribution in [1.29, 1.82) is 0 Å². The SMILES string of the molecule is OC(CNc1cccc(Br)c1)c1cccc(F)c1. The van der Waals surface area contributed by atoms with Crippen LogP contribution in [0.25, 0.3) is 0 Å². The quantitative estimate of drug-likeness (QED) is 0.902. The minimum atomic E-state index is -0.736. The summed E-state index contributed by atoms with van der Waals surface area (Å²) in [4.78, 5) is 0. The highest BCUT2D eigenvalue weighted by Crippen LogP contribution is 2.18. The summed E-state index contributed by atoms with van der Waals surface area (Å²) in [7, 11) is 0. The summed E-state index contributed by atoms with van der Waals surface area (Å²) in [5.74, 6) is -0.339. The normalized spacial score (nSPS) is 12.2. The molecule has 1 unspecified atom stereocenters. The lowest BCUT2D eigenvalue weighted by atomic mass is 10.1. The number of anilines is 1. The molecule has 4 heteroatoms. The molecule has 1 atom stereocenters. The van der Waals surface area contributed by atoms with Gasteiger partial charge in [0, 0.05) is 16.7 Å². The smallest absolute Gasteiger partial charge is 0.123 e. The van der Waals surface area contributed by atoms with Gasteiger partial charge in [-0.1, -0.05) is 34.1 Å². The molecular weight excluding hydrogens is 297 g/mol. The van der Waals surface area contributed by atoms with E-state index in [1.807, 2.05) is 24.3 Å². The van der Waals surface area contributed by atoms with Gasteiger partial charge in [0.2, 0.25) is 0 Å². The molecule has 2 rings (SSSR count). The van der Waals surface area contributed by atoms with Crippen LogP contribution in [0.3, 0.4) is 0 Å². The monoisotopic (exact) mass is 309 g/mol. The van der Waals surface area contributed by atoms with E-state index in [2.05, 4.69) is 21.2 Å². The van der Waals surface area contributed by atoms with Gasteiger partial charge in [-0.25, -0.2) is 4.39 Å². The van der Waals surface area contributed by atoms with Gasteiger partial charge in [-0.15, -0.1) is 0 Å². The number of halogens is 2. The lowest BCUT2D eigenvalue weighted by molar-refractivity contribution is 0.191. The number of aliphatic hydroxyl groups excluding tert-OH is 1. The zero-order valence-electron chi connectivity index (χ0n) is 9.61. The second kappa shape index (κ2) is 5.98. The molecule has 0 bridgehead atoms. The van der Waals surface area contributed by atoms with Gasteiger partial charge in [-0.05, 0) is 35.9 Å². The number of hydrogen-bond acceptors (Lipinski definition) is 2. The first kappa shape index (κ1) is 13.1. The molecule has 0 aromatic heterocycles. The van der Waals surface area contributed by atoms with Crippen molar-refractivity contribution in [1.82, 2.24) is 0 Å². The first-order valence-corrected chi connectivity index (χ1v) is 6.37. The minimum absolute atomic E-state index is 0.333. The topological polar surface area (TPSA) is 32.3 Å². The molecule has 0 aliphatic heterocycles. The molecule has 0 fully saturated rings. The zero-order chi connectivity index (χ0) is 13.0. The Bertz CT molecular complexity index is 533. The molecular formula is C14H13BrFNO. The maximum absolute atomic E-state index is 13.0. The van der Waals surface area contributed by atoms with Crippen LogP contribution in [-0.2, 0) is 0 Å². The third kappa shape index (κ3) is 3.55. The van der Waals surface area contributed by atoms with Crippen LogP contribution < -0.4 is 5.32 Å². The van der Waals surface area contributed by atoms with Crippen molar-refractivity contribution in [2.45, 2.75) is 6.10 Å². The first-order valence-electron chi connectivity index (χ1n) is 5.58.